The van der Waals surface area contributed by atoms with Gasteiger partial charge in [-0.25, -0.2) is 9.97 Å². The lowest BCUT2D eigenvalue weighted by atomic mass is 10.5. The van der Waals surface area contributed by atoms with E-state index >= 15 is 0 Å². The standard InChI is InChI=1S/C8H13N4/c1-12(2)6-5-11-8-7-9-3-4-10-8/h4,7H,5-6H2,1-2H3,(H,10,11). The van der Waals surface area contributed by atoms with E-state index < -0.39 is 0 Å². The lowest BCUT2D eigenvalue weighted by Crippen LogP contribution is -2.21. The van der Waals surface area contributed by atoms with Crippen LogP contribution in [0.2, 0.25) is 0 Å². The van der Waals surface area contributed by atoms with Gasteiger partial charge in [0.2, 0.25) is 0 Å². The summed E-state index contributed by atoms with van der Waals surface area (Å²) in [5, 5.41) is 3.14. The molecule has 1 aromatic heterocycles. The van der Waals surface area contributed by atoms with Crippen molar-refractivity contribution < 1.29 is 0 Å². The van der Waals surface area contributed by atoms with Crippen LogP contribution in [0.4, 0.5) is 5.82 Å². The molecule has 0 saturated heterocycles. The van der Waals surface area contributed by atoms with Gasteiger partial charge in [0.1, 0.15) is 12.0 Å². The van der Waals surface area contributed by atoms with Gasteiger partial charge in [0.15, 0.2) is 0 Å². The second-order valence-corrected chi connectivity index (χ2v) is 2.76. The molecule has 1 heterocycles. The highest BCUT2D eigenvalue weighted by molar-refractivity contribution is 5.29. The molecule has 0 aliphatic rings. The van der Waals surface area contributed by atoms with Gasteiger partial charge < -0.3 is 10.2 Å². The number of likely N-dealkylation sites (N-methyl/N-ethyl adjacent to an activating group) is 1. The van der Waals surface area contributed by atoms with Crippen molar-refractivity contribution in [1.29, 1.82) is 0 Å². The molecule has 12 heavy (non-hydrogen) atoms. The molecular weight excluding hydrogens is 152 g/mol. The number of nitrogens with zero attached hydrogens (tertiary/aromatic N) is 3. The Kier molecular flexibility index (Phi) is 3.47. The first-order valence-electron chi connectivity index (χ1n) is 3.86. The van der Waals surface area contributed by atoms with Crippen LogP contribution >= 0.6 is 0 Å². The van der Waals surface area contributed by atoms with Gasteiger partial charge in [-0.3, -0.25) is 0 Å². The number of nitrogens with one attached hydrogen (secondary N) is 1. The third-order valence-corrected chi connectivity index (χ3v) is 1.39. The summed E-state index contributed by atoms with van der Waals surface area (Å²) in [7, 11) is 4.07. The van der Waals surface area contributed by atoms with Gasteiger partial charge in [-0.15, -0.1) is 0 Å². The Morgan fingerprint density at radius 3 is 3.00 bits per heavy atom. The molecule has 0 aliphatic heterocycles. The summed E-state index contributed by atoms with van der Waals surface area (Å²) in [5.74, 6) is 0.801. The Balaban J connectivity index is 2.25. The summed E-state index contributed by atoms with van der Waals surface area (Å²) in [6.07, 6.45) is 5.84. The van der Waals surface area contributed by atoms with E-state index in [9.17, 15) is 0 Å². The molecule has 0 amide bonds. The summed E-state index contributed by atoms with van der Waals surface area (Å²) < 4.78 is 0. The predicted molar refractivity (Wildman–Crippen MR) is 47.9 cm³/mol. The van der Waals surface area contributed by atoms with Gasteiger partial charge in [-0.1, -0.05) is 0 Å². The average molecular weight is 165 g/mol. The Hall–Kier alpha value is -1.16. The van der Waals surface area contributed by atoms with Gasteiger partial charge >= 0.3 is 0 Å². The molecular formula is C8H13N4. The van der Waals surface area contributed by atoms with Crippen molar-refractivity contribution in [1.82, 2.24) is 14.9 Å². The lowest BCUT2D eigenvalue weighted by Gasteiger charge is -2.09. The molecule has 4 heteroatoms. The first kappa shape index (κ1) is 8.93. The minimum absolute atomic E-state index is 0.801. The highest BCUT2D eigenvalue weighted by Crippen LogP contribution is 1.94. The second-order valence-electron chi connectivity index (χ2n) is 2.76. The van der Waals surface area contributed by atoms with Gasteiger partial charge in [-0.05, 0) is 14.1 Å². The number of hydrogen-bond donors (Lipinski definition) is 1. The summed E-state index contributed by atoms with van der Waals surface area (Å²) in [4.78, 5) is 9.95. The number of anilines is 1. The van der Waals surface area contributed by atoms with E-state index in [4.69, 9.17) is 0 Å². The van der Waals surface area contributed by atoms with Crippen molar-refractivity contribution >= 4 is 5.82 Å². The maximum absolute atomic E-state index is 4.03. The van der Waals surface area contributed by atoms with E-state index in [1.807, 2.05) is 14.1 Å². The molecule has 0 bridgehead atoms. The van der Waals surface area contributed by atoms with Crippen LogP contribution in [0, 0.1) is 6.20 Å². The van der Waals surface area contributed by atoms with E-state index in [0.717, 1.165) is 18.9 Å². The lowest BCUT2D eigenvalue weighted by molar-refractivity contribution is 0.425. The highest BCUT2D eigenvalue weighted by atomic mass is 15.1. The molecule has 1 aromatic rings. The third-order valence-electron chi connectivity index (χ3n) is 1.39. The summed E-state index contributed by atoms with van der Waals surface area (Å²) in [6.45, 7) is 1.87. The van der Waals surface area contributed by atoms with Gasteiger partial charge in [0.05, 0.1) is 12.4 Å². The van der Waals surface area contributed by atoms with Crippen molar-refractivity contribution in [2.45, 2.75) is 0 Å². The molecule has 1 radical (unpaired) electrons. The van der Waals surface area contributed by atoms with Crippen molar-refractivity contribution in [2.24, 2.45) is 0 Å². The van der Waals surface area contributed by atoms with Gasteiger partial charge in [-0.2, -0.15) is 0 Å². The first-order chi connectivity index (χ1) is 5.79. The van der Waals surface area contributed by atoms with Gasteiger partial charge in [0, 0.05) is 13.1 Å². The molecule has 0 fully saturated rings. The van der Waals surface area contributed by atoms with Crippen molar-refractivity contribution in [2.75, 3.05) is 32.5 Å². The second kappa shape index (κ2) is 4.66. The number of rotatable bonds is 4. The fourth-order valence-electron chi connectivity index (χ4n) is 0.762. The molecule has 1 rings (SSSR count). The molecule has 0 saturated carbocycles. The van der Waals surface area contributed by atoms with E-state index in [1.165, 1.54) is 0 Å². The van der Waals surface area contributed by atoms with Crippen LogP contribution in [0.5, 0.6) is 0 Å². The number of hydrogen-bond acceptors (Lipinski definition) is 4. The van der Waals surface area contributed by atoms with E-state index in [-0.39, 0.29) is 0 Å². The summed E-state index contributed by atoms with van der Waals surface area (Å²) in [6, 6.07) is 0. The monoisotopic (exact) mass is 165 g/mol. The summed E-state index contributed by atoms with van der Waals surface area (Å²) in [5.41, 5.74) is 0. The minimum Gasteiger partial charge on any atom is -0.368 e. The first-order valence-corrected chi connectivity index (χ1v) is 3.86. The van der Waals surface area contributed by atoms with E-state index in [2.05, 4.69) is 26.4 Å². The zero-order valence-corrected chi connectivity index (χ0v) is 7.41. The normalized spacial score (nSPS) is 10.2. The van der Waals surface area contributed by atoms with E-state index in [1.54, 1.807) is 12.4 Å². The highest BCUT2D eigenvalue weighted by Gasteiger charge is 1.91. The van der Waals surface area contributed by atoms with E-state index in [0.29, 0.717) is 0 Å². The van der Waals surface area contributed by atoms with Crippen LogP contribution in [0.25, 0.3) is 0 Å². The largest absolute Gasteiger partial charge is 0.368 e. The summed E-state index contributed by atoms with van der Waals surface area (Å²) >= 11 is 0. The zero-order valence-electron chi connectivity index (χ0n) is 7.41. The molecule has 4 nitrogen and oxygen atoms in total. The quantitative estimate of drug-likeness (QED) is 0.694. The van der Waals surface area contributed by atoms with Crippen LogP contribution in [-0.4, -0.2) is 42.1 Å². The molecule has 0 unspecified atom stereocenters. The van der Waals surface area contributed by atoms with Crippen molar-refractivity contribution in [3.8, 4) is 0 Å². The SMILES string of the molecule is CN(C)CCNc1cn[c]cn1. The average Bonchev–Trinajstić information content (AvgIpc) is 2.05. The smallest absolute Gasteiger partial charge is 0.144 e. The van der Waals surface area contributed by atoms with Crippen LogP contribution in [-0.2, 0) is 0 Å². The van der Waals surface area contributed by atoms with Crippen molar-refractivity contribution in [3.63, 3.8) is 0 Å². The molecule has 0 atom stereocenters. The number of aromatic nitrogens is 2. The Labute approximate surface area is 72.6 Å². The van der Waals surface area contributed by atoms with Crippen LogP contribution in [0.1, 0.15) is 0 Å². The van der Waals surface area contributed by atoms with Gasteiger partial charge in [0.25, 0.3) is 0 Å². The van der Waals surface area contributed by atoms with Crippen LogP contribution in [0.15, 0.2) is 12.4 Å². The Bertz CT molecular complexity index is 210. The molecule has 0 aliphatic carbocycles. The fraction of sp³-hybridized carbons (Fsp3) is 0.500. The Morgan fingerprint density at radius 1 is 1.58 bits per heavy atom. The van der Waals surface area contributed by atoms with Crippen LogP contribution in [0.3, 0.4) is 0 Å². The molecule has 0 spiro atoms. The molecule has 65 valence electrons. The predicted octanol–water partition coefficient (Wildman–Crippen LogP) is 0.250. The maximum Gasteiger partial charge on any atom is 0.144 e. The topological polar surface area (TPSA) is 41.0 Å². The Morgan fingerprint density at radius 2 is 2.42 bits per heavy atom. The zero-order chi connectivity index (χ0) is 8.81. The molecule has 0 aromatic carbocycles. The van der Waals surface area contributed by atoms with Crippen LogP contribution < -0.4 is 5.32 Å². The minimum atomic E-state index is 0.801. The molecule has 1 N–H and O–H groups in total. The third kappa shape index (κ3) is 3.30. The fourth-order valence-corrected chi connectivity index (χ4v) is 0.762. The maximum atomic E-state index is 4.03. The van der Waals surface area contributed by atoms with Crippen molar-refractivity contribution in [3.05, 3.63) is 18.6 Å².